The van der Waals surface area contributed by atoms with E-state index < -0.39 is 74.2 Å². The molecule has 1 aliphatic heterocycles. The zero-order valence-electron chi connectivity index (χ0n) is 21.0. The second-order valence-electron chi connectivity index (χ2n) is 8.17. The minimum absolute atomic E-state index is 0.124. The lowest BCUT2D eigenvalue weighted by Crippen LogP contribution is -2.33. The summed E-state index contributed by atoms with van der Waals surface area (Å²) in [5, 5.41) is 13.4. The fourth-order valence-electron chi connectivity index (χ4n) is 3.16. The van der Waals surface area contributed by atoms with Gasteiger partial charge < -0.3 is 29.4 Å². The summed E-state index contributed by atoms with van der Waals surface area (Å²) < 4.78 is 74.5. The number of ether oxygens (including phenoxy) is 1. The Kier molecular flexibility index (Phi) is 12.8. The van der Waals surface area contributed by atoms with Crippen molar-refractivity contribution in [2.24, 2.45) is 5.11 Å². The number of hydrogen-bond acceptors (Lipinski definition) is 14. The number of phosphoric acid groups is 4. The third kappa shape index (κ3) is 12.3. The van der Waals surface area contributed by atoms with E-state index in [0.29, 0.717) is 12.8 Å². The van der Waals surface area contributed by atoms with Gasteiger partial charge in [0.05, 0.1) is 19.3 Å². The molecule has 7 atom stereocenters. The highest BCUT2D eigenvalue weighted by atomic mass is 31.3. The van der Waals surface area contributed by atoms with Gasteiger partial charge >= 0.3 is 37.0 Å². The minimum Gasteiger partial charge on any atom is -0.390 e. The molecule has 1 aromatic heterocycles. The van der Waals surface area contributed by atoms with E-state index in [9.17, 15) is 52.5 Å². The van der Waals surface area contributed by atoms with E-state index in [1.807, 2.05) is 4.98 Å². The van der Waals surface area contributed by atoms with Crippen molar-refractivity contribution in [1.82, 2.24) is 9.55 Å². The molecule has 0 bridgehead atoms. The molecule has 0 radical (unpaired) electrons. The van der Waals surface area contributed by atoms with Gasteiger partial charge in [-0.25, -0.2) is 23.1 Å². The van der Waals surface area contributed by atoms with Crippen molar-refractivity contribution >= 4 is 31.3 Å². The first-order valence-corrected chi connectivity index (χ1v) is 17.2. The van der Waals surface area contributed by atoms with Gasteiger partial charge in [0.25, 0.3) is 5.56 Å². The second kappa shape index (κ2) is 14.8. The predicted molar refractivity (Wildman–Crippen MR) is 133 cm³/mol. The van der Waals surface area contributed by atoms with Crippen molar-refractivity contribution in [2.75, 3.05) is 19.8 Å². The van der Waals surface area contributed by atoms with Crippen LogP contribution in [0.15, 0.2) is 20.9 Å². The van der Waals surface area contributed by atoms with Crippen molar-refractivity contribution in [1.29, 1.82) is 0 Å². The molecule has 1 aromatic rings. The standard InChI is InChI=1S/C15H27N5O17P4/c1-10-8-20(15(23)18-14(10)22)13-7-11(21)12(34-13)9-33-39(26,27)36-41(30,31)37-40(28,29)35-38(24,25)32-6-4-2-3-5-17-19-16/h8,11-13,21H,2-7,9H2,1H3,(H,24,25)(H,26,27)(H,28,29)(H,30,31)(H,18,22,23)/t11-,12-,13-/m1/s1. The number of aryl methyl sites for hydroxylation is 1. The first kappa shape index (κ1) is 35.7. The molecule has 234 valence electrons. The van der Waals surface area contributed by atoms with Gasteiger partial charge in [-0.3, -0.25) is 23.4 Å². The Morgan fingerprint density at radius 3 is 2.22 bits per heavy atom. The number of nitrogens with zero attached hydrogens (tertiary/aromatic N) is 4. The fourth-order valence-corrected chi connectivity index (χ4v) is 8.13. The van der Waals surface area contributed by atoms with E-state index in [4.69, 9.17) is 10.3 Å². The molecule has 0 aliphatic carbocycles. The zero-order valence-corrected chi connectivity index (χ0v) is 24.5. The average Bonchev–Trinajstić information content (AvgIpc) is 3.17. The first-order chi connectivity index (χ1) is 18.9. The lowest BCUT2D eigenvalue weighted by molar-refractivity contribution is -0.0450. The van der Waals surface area contributed by atoms with Crippen LogP contribution in [0, 0.1) is 6.92 Å². The van der Waals surface area contributed by atoms with Gasteiger partial charge in [-0.1, -0.05) is 11.5 Å². The molecule has 1 aliphatic rings. The van der Waals surface area contributed by atoms with E-state index in [0.717, 1.165) is 10.8 Å². The Morgan fingerprint density at radius 1 is 1.02 bits per heavy atom. The van der Waals surface area contributed by atoms with Gasteiger partial charge in [0.15, 0.2) is 0 Å². The first-order valence-electron chi connectivity index (χ1n) is 11.3. The lowest BCUT2D eigenvalue weighted by atomic mass is 10.2. The summed E-state index contributed by atoms with van der Waals surface area (Å²) in [5.41, 5.74) is 6.76. The van der Waals surface area contributed by atoms with Crippen LogP contribution < -0.4 is 11.2 Å². The smallest absolute Gasteiger partial charge is 0.390 e. The molecule has 6 N–H and O–H groups in total. The quantitative estimate of drug-likeness (QED) is 0.0448. The molecular weight excluding hydrogens is 646 g/mol. The Balaban J connectivity index is 1.89. The second-order valence-corrected chi connectivity index (χ2v) is 14.4. The minimum atomic E-state index is -6.01. The molecule has 41 heavy (non-hydrogen) atoms. The number of aliphatic hydroxyl groups is 1. The Labute approximate surface area is 229 Å². The third-order valence-corrected chi connectivity index (χ3v) is 10.8. The molecule has 2 heterocycles. The van der Waals surface area contributed by atoms with Crippen molar-refractivity contribution in [3.63, 3.8) is 0 Å². The SMILES string of the molecule is Cc1cn([C@H]2C[C@@H](O)[C@@H](COP(=O)(O)OP(=O)(O)OP(=O)(O)OP(=O)(O)OCCCCCN=[N+]=[N-])O2)c(=O)[nH]c1=O. The van der Waals surface area contributed by atoms with Crippen LogP contribution in [-0.4, -0.2) is 66.2 Å². The normalized spacial score (nSPS) is 24.9. The van der Waals surface area contributed by atoms with Crippen LogP contribution in [0.5, 0.6) is 0 Å². The van der Waals surface area contributed by atoms with Gasteiger partial charge in [-0.2, -0.15) is 12.9 Å². The molecule has 22 nitrogen and oxygen atoms in total. The van der Waals surface area contributed by atoms with Crippen molar-refractivity contribution in [3.8, 4) is 0 Å². The van der Waals surface area contributed by atoms with E-state index in [2.05, 4.69) is 32.0 Å². The number of unbranched alkanes of at least 4 members (excludes halogenated alkanes) is 2. The number of aromatic nitrogens is 2. The highest BCUT2D eigenvalue weighted by Gasteiger charge is 2.46. The Morgan fingerprint density at radius 2 is 1.61 bits per heavy atom. The monoisotopic (exact) mass is 673 g/mol. The maximum atomic E-state index is 12.1. The number of nitrogens with one attached hydrogen (secondary N) is 1. The highest BCUT2D eigenvalue weighted by Crippen LogP contribution is 2.71. The van der Waals surface area contributed by atoms with Crippen LogP contribution in [0.25, 0.3) is 10.4 Å². The van der Waals surface area contributed by atoms with E-state index >= 15 is 0 Å². The maximum Gasteiger partial charge on any atom is 0.490 e. The largest absolute Gasteiger partial charge is 0.490 e. The molecule has 0 aromatic carbocycles. The van der Waals surface area contributed by atoms with Crippen LogP contribution in [0.3, 0.4) is 0 Å². The maximum absolute atomic E-state index is 12.1. The summed E-state index contributed by atoms with van der Waals surface area (Å²) in [6, 6.07) is 0. The molecule has 1 fully saturated rings. The molecule has 0 saturated carbocycles. The van der Waals surface area contributed by atoms with Crippen molar-refractivity contribution in [2.45, 2.75) is 51.0 Å². The van der Waals surface area contributed by atoms with E-state index in [1.54, 1.807) is 0 Å². The van der Waals surface area contributed by atoms with Crippen LogP contribution >= 0.6 is 31.3 Å². The summed E-state index contributed by atoms with van der Waals surface area (Å²) in [6.07, 6.45) is -2.12. The fraction of sp³-hybridized carbons (Fsp3) is 0.733. The highest BCUT2D eigenvalue weighted by molar-refractivity contribution is 7.69. The third-order valence-electron chi connectivity index (χ3n) is 4.90. The number of aromatic amines is 1. The van der Waals surface area contributed by atoms with E-state index in [-0.39, 0.29) is 24.9 Å². The Hall–Kier alpha value is -1.53. The zero-order chi connectivity index (χ0) is 31.1. The molecule has 4 unspecified atom stereocenters. The molecule has 0 amide bonds. The predicted octanol–water partition coefficient (Wildman–Crippen LogP) is 1.46. The topological polar surface area (TPSA) is 328 Å². The summed E-state index contributed by atoms with van der Waals surface area (Å²) in [4.78, 5) is 66.5. The number of hydrogen-bond donors (Lipinski definition) is 6. The van der Waals surface area contributed by atoms with Gasteiger partial charge in [0.1, 0.15) is 12.3 Å². The molecule has 2 rings (SSSR count). The summed E-state index contributed by atoms with van der Waals surface area (Å²) in [7, 11) is -22.9. The van der Waals surface area contributed by atoms with E-state index in [1.165, 1.54) is 6.92 Å². The van der Waals surface area contributed by atoms with Gasteiger partial charge in [0.2, 0.25) is 0 Å². The van der Waals surface area contributed by atoms with Gasteiger partial charge in [-0.15, -0.1) is 0 Å². The number of aliphatic hydroxyl groups excluding tert-OH is 1. The van der Waals surface area contributed by atoms with Gasteiger partial charge in [0, 0.05) is 29.6 Å². The van der Waals surface area contributed by atoms with Gasteiger partial charge in [-0.05, 0) is 25.3 Å². The summed E-state index contributed by atoms with van der Waals surface area (Å²) >= 11 is 0. The Bertz CT molecular complexity index is 1430. The summed E-state index contributed by atoms with van der Waals surface area (Å²) in [5.74, 6) is 0. The van der Waals surface area contributed by atoms with Crippen LogP contribution in [-0.2, 0) is 45.0 Å². The van der Waals surface area contributed by atoms with Crippen LogP contribution in [0.4, 0.5) is 0 Å². The van der Waals surface area contributed by atoms with Crippen LogP contribution in [0.1, 0.15) is 37.5 Å². The number of H-pyrrole nitrogens is 1. The summed E-state index contributed by atoms with van der Waals surface area (Å²) in [6.45, 7) is 0.0958. The molecular formula is C15H27N5O17P4. The number of azide groups is 1. The molecule has 26 heteroatoms. The van der Waals surface area contributed by atoms with Crippen molar-refractivity contribution < 1.29 is 69.7 Å². The van der Waals surface area contributed by atoms with Crippen molar-refractivity contribution in [3.05, 3.63) is 43.0 Å². The number of rotatable bonds is 17. The molecule has 1 saturated heterocycles. The lowest BCUT2D eigenvalue weighted by Gasteiger charge is -2.21. The number of phosphoric ester groups is 2. The molecule has 0 spiro atoms. The van der Waals surface area contributed by atoms with Crippen LogP contribution in [0.2, 0.25) is 0 Å². The average molecular weight is 673 g/mol.